The number of nitrogens with one attached hydrogen (secondary N) is 3. The van der Waals surface area contributed by atoms with Crippen molar-refractivity contribution in [2.24, 2.45) is 11.3 Å². The Morgan fingerprint density at radius 2 is 1.85 bits per heavy atom. The molecule has 1 heterocycles. The molecule has 0 atom stereocenters. The van der Waals surface area contributed by atoms with Crippen LogP contribution in [0.25, 0.3) is 0 Å². The van der Waals surface area contributed by atoms with Crippen molar-refractivity contribution in [2.75, 3.05) is 22.3 Å². The molecule has 1 spiro atoms. The quantitative estimate of drug-likeness (QED) is 0.542. The van der Waals surface area contributed by atoms with E-state index in [0.29, 0.717) is 35.7 Å². The summed E-state index contributed by atoms with van der Waals surface area (Å²) in [5, 5.41) is 5.53. The third-order valence-electron chi connectivity index (χ3n) is 6.77. The van der Waals surface area contributed by atoms with E-state index in [4.69, 9.17) is 0 Å². The maximum atomic E-state index is 13.1. The average Bonchev–Trinajstić information content (AvgIpc) is 2.93. The minimum absolute atomic E-state index is 0.0464. The summed E-state index contributed by atoms with van der Waals surface area (Å²) in [6, 6.07) is 4.23. The van der Waals surface area contributed by atoms with E-state index in [0.717, 1.165) is 17.7 Å². The molecule has 0 bridgehead atoms. The number of carbonyl (C=O) groups excluding carboxylic acids is 3. The minimum Gasteiger partial charge on any atom is -0.325 e. The lowest BCUT2D eigenvalue weighted by molar-refractivity contribution is -0.135. The van der Waals surface area contributed by atoms with E-state index in [2.05, 4.69) is 36.1 Å². The molecular weight excluding hydrogens is 444 g/mol. The first-order valence-corrected chi connectivity index (χ1v) is 13.0. The van der Waals surface area contributed by atoms with Gasteiger partial charge in [0.2, 0.25) is 15.9 Å². The van der Waals surface area contributed by atoms with E-state index >= 15 is 0 Å². The topological polar surface area (TPSA) is 125 Å². The second-order valence-electron chi connectivity index (χ2n) is 10.1. The van der Waals surface area contributed by atoms with Crippen molar-refractivity contribution in [3.8, 4) is 0 Å². The first kappa shape index (κ1) is 25.0. The van der Waals surface area contributed by atoms with E-state index in [1.165, 1.54) is 0 Å². The van der Waals surface area contributed by atoms with Gasteiger partial charge in [0, 0.05) is 5.69 Å². The van der Waals surface area contributed by atoms with E-state index in [-0.39, 0.29) is 23.6 Å². The summed E-state index contributed by atoms with van der Waals surface area (Å²) < 4.78 is 26.0. The van der Waals surface area contributed by atoms with E-state index in [9.17, 15) is 22.8 Å². The fraction of sp³-hybridized carbons (Fsp3) is 0.609. The number of hydrogen-bond acceptors (Lipinski definition) is 5. The van der Waals surface area contributed by atoms with Crippen molar-refractivity contribution in [1.82, 2.24) is 10.2 Å². The maximum Gasteiger partial charge on any atom is 0.325 e. The first-order valence-electron chi connectivity index (χ1n) is 11.3. The third-order valence-corrected chi connectivity index (χ3v) is 8.06. The first-order chi connectivity index (χ1) is 15.3. The highest BCUT2D eigenvalue weighted by atomic mass is 32.2. The maximum absolute atomic E-state index is 13.1. The fourth-order valence-electron chi connectivity index (χ4n) is 4.58. The zero-order valence-corrected chi connectivity index (χ0v) is 20.8. The Kier molecular flexibility index (Phi) is 6.79. The van der Waals surface area contributed by atoms with Crippen LogP contribution in [0, 0.1) is 18.3 Å². The molecule has 3 rings (SSSR count). The Bertz CT molecular complexity index is 1050. The lowest BCUT2D eigenvalue weighted by Crippen LogP contribution is -2.50. The molecule has 1 aromatic carbocycles. The molecule has 0 unspecified atom stereocenters. The third kappa shape index (κ3) is 5.48. The Labute approximate surface area is 195 Å². The zero-order valence-electron chi connectivity index (χ0n) is 19.9. The lowest BCUT2D eigenvalue weighted by atomic mass is 9.67. The second-order valence-corrected chi connectivity index (χ2v) is 12.1. The number of amides is 4. The minimum atomic E-state index is -3.41. The SMILES string of the molecule is CCS(=O)(=O)Nc1ccc(NC(=O)CN2C(=O)NC3(CCC(C(C)(C)C)CC3)C2=O)cc1C. The van der Waals surface area contributed by atoms with Crippen LogP contribution >= 0.6 is 0 Å². The number of urea groups is 1. The van der Waals surface area contributed by atoms with Crippen molar-refractivity contribution in [3.63, 3.8) is 0 Å². The molecule has 1 aromatic rings. The summed E-state index contributed by atoms with van der Waals surface area (Å²) in [7, 11) is -3.41. The summed E-state index contributed by atoms with van der Waals surface area (Å²) in [6.45, 7) is 9.45. The van der Waals surface area contributed by atoms with Gasteiger partial charge < -0.3 is 10.6 Å². The van der Waals surface area contributed by atoms with Gasteiger partial charge in [-0.05, 0) is 74.6 Å². The molecule has 0 radical (unpaired) electrons. The Hall–Kier alpha value is -2.62. The molecule has 182 valence electrons. The number of aryl methyl sites for hydroxylation is 1. The van der Waals surface area contributed by atoms with Gasteiger partial charge in [0.1, 0.15) is 12.1 Å². The van der Waals surface area contributed by atoms with Crippen LogP contribution in [-0.4, -0.2) is 49.0 Å². The van der Waals surface area contributed by atoms with Gasteiger partial charge in [-0.15, -0.1) is 0 Å². The molecule has 1 saturated carbocycles. The standard InChI is InChI=1S/C23H34N4O5S/c1-6-33(31,32)26-18-8-7-17(13-15(18)2)24-19(28)14-27-20(29)23(25-21(27)30)11-9-16(10-12-23)22(3,4)5/h7-8,13,16,26H,6,9-12,14H2,1-5H3,(H,24,28)(H,25,30). The molecule has 1 aliphatic carbocycles. The normalized spacial score (nSPS) is 23.5. The number of hydrogen-bond donors (Lipinski definition) is 3. The summed E-state index contributed by atoms with van der Waals surface area (Å²) in [5.74, 6) is -0.399. The molecule has 33 heavy (non-hydrogen) atoms. The van der Waals surface area contributed by atoms with Gasteiger partial charge >= 0.3 is 6.03 Å². The van der Waals surface area contributed by atoms with Gasteiger partial charge in [-0.25, -0.2) is 13.2 Å². The Balaban J connectivity index is 1.62. The van der Waals surface area contributed by atoms with Gasteiger partial charge in [0.05, 0.1) is 11.4 Å². The lowest BCUT2D eigenvalue weighted by Gasteiger charge is -2.40. The summed E-state index contributed by atoms with van der Waals surface area (Å²) >= 11 is 0. The predicted octanol–water partition coefficient (Wildman–Crippen LogP) is 3.22. The van der Waals surface area contributed by atoms with Gasteiger partial charge in [0.25, 0.3) is 5.91 Å². The van der Waals surface area contributed by atoms with Crippen molar-refractivity contribution in [1.29, 1.82) is 0 Å². The van der Waals surface area contributed by atoms with Crippen LogP contribution in [-0.2, 0) is 19.6 Å². The van der Waals surface area contributed by atoms with Crippen LogP contribution < -0.4 is 15.4 Å². The number of anilines is 2. The molecule has 1 aliphatic heterocycles. The highest BCUT2D eigenvalue weighted by Crippen LogP contribution is 2.43. The molecule has 9 nitrogen and oxygen atoms in total. The summed E-state index contributed by atoms with van der Waals surface area (Å²) in [4.78, 5) is 39.2. The van der Waals surface area contributed by atoms with Crippen molar-refractivity contribution in [3.05, 3.63) is 23.8 Å². The van der Waals surface area contributed by atoms with E-state index in [1.807, 2.05) is 0 Å². The summed E-state index contributed by atoms with van der Waals surface area (Å²) in [6.07, 6.45) is 2.85. The van der Waals surface area contributed by atoms with Crippen molar-refractivity contribution >= 4 is 39.2 Å². The van der Waals surface area contributed by atoms with Crippen LogP contribution in [0.4, 0.5) is 16.2 Å². The Morgan fingerprint density at radius 3 is 2.39 bits per heavy atom. The van der Waals surface area contributed by atoms with Crippen LogP contribution in [0.3, 0.4) is 0 Å². The monoisotopic (exact) mass is 478 g/mol. The Morgan fingerprint density at radius 1 is 1.21 bits per heavy atom. The highest BCUT2D eigenvalue weighted by molar-refractivity contribution is 7.92. The molecular formula is C23H34N4O5S. The molecule has 0 aromatic heterocycles. The molecule has 2 fully saturated rings. The van der Waals surface area contributed by atoms with Gasteiger partial charge in [0.15, 0.2) is 0 Å². The van der Waals surface area contributed by atoms with Crippen LogP contribution in [0.2, 0.25) is 0 Å². The molecule has 10 heteroatoms. The van der Waals surface area contributed by atoms with Gasteiger partial charge in [-0.2, -0.15) is 0 Å². The molecule has 4 amide bonds. The smallest absolute Gasteiger partial charge is 0.325 e. The number of imide groups is 1. The molecule has 3 N–H and O–H groups in total. The number of rotatable bonds is 6. The van der Waals surface area contributed by atoms with Crippen molar-refractivity contribution in [2.45, 2.75) is 65.8 Å². The molecule has 2 aliphatic rings. The highest BCUT2D eigenvalue weighted by Gasteiger charge is 2.53. The van der Waals surface area contributed by atoms with Gasteiger partial charge in [-0.3, -0.25) is 19.2 Å². The number of sulfonamides is 1. The van der Waals surface area contributed by atoms with Crippen LogP contribution in [0.15, 0.2) is 18.2 Å². The predicted molar refractivity (Wildman–Crippen MR) is 127 cm³/mol. The van der Waals surface area contributed by atoms with Crippen molar-refractivity contribution < 1.29 is 22.8 Å². The number of benzene rings is 1. The second kappa shape index (κ2) is 8.96. The number of carbonyl (C=O) groups is 3. The van der Waals surface area contributed by atoms with Crippen LogP contribution in [0.1, 0.15) is 58.9 Å². The molecule has 1 saturated heterocycles. The van der Waals surface area contributed by atoms with Gasteiger partial charge in [-0.1, -0.05) is 20.8 Å². The number of nitrogens with zero attached hydrogens (tertiary/aromatic N) is 1. The van der Waals surface area contributed by atoms with E-state index < -0.39 is 27.5 Å². The summed E-state index contributed by atoms with van der Waals surface area (Å²) in [5.41, 5.74) is 0.750. The van der Waals surface area contributed by atoms with Crippen LogP contribution in [0.5, 0.6) is 0 Å². The fourth-order valence-corrected chi connectivity index (χ4v) is 5.28. The zero-order chi connectivity index (χ0) is 24.6. The van der Waals surface area contributed by atoms with E-state index in [1.54, 1.807) is 32.0 Å². The largest absolute Gasteiger partial charge is 0.325 e. The average molecular weight is 479 g/mol.